The van der Waals surface area contributed by atoms with E-state index in [9.17, 15) is 4.79 Å². The summed E-state index contributed by atoms with van der Waals surface area (Å²) in [4.78, 5) is 30.1. The molecule has 1 amide bonds. The molecule has 1 atom stereocenters. The fourth-order valence-corrected chi connectivity index (χ4v) is 8.06. The zero-order chi connectivity index (χ0) is 29.8. The van der Waals surface area contributed by atoms with Gasteiger partial charge in [0.25, 0.3) is 5.91 Å². The predicted octanol–water partition coefficient (Wildman–Crippen LogP) is 6.52. The van der Waals surface area contributed by atoms with Crippen molar-refractivity contribution in [1.82, 2.24) is 29.5 Å². The van der Waals surface area contributed by atoms with Gasteiger partial charge in [0, 0.05) is 48.2 Å². The topological polar surface area (TPSA) is 104 Å². The molecule has 2 aromatic carbocycles. The van der Waals surface area contributed by atoms with Crippen LogP contribution < -0.4 is 9.47 Å². The van der Waals surface area contributed by atoms with Gasteiger partial charge in [-0.3, -0.25) is 4.79 Å². The molecule has 1 saturated heterocycles. The van der Waals surface area contributed by atoms with E-state index in [1.54, 1.807) is 46.0 Å². The second-order valence-corrected chi connectivity index (χ2v) is 13.8. The Hall–Kier alpha value is -3.91. The number of methoxy groups -OCH3 is 1. The summed E-state index contributed by atoms with van der Waals surface area (Å²) in [6.45, 7) is 1.59. The van der Waals surface area contributed by atoms with E-state index in [0.29, 0.717) is 42.8 Å². The van der Waals surface area contributed by atoms with Gasteiger partial charge in [0.05, 0.1) is 41.9 Å². The molecule has 0 spiro atoms. The standard InChI is InChI=1S/C31H28N6O4S3/c1-36(21-9-10-40-15-21)30(38)19-7-5-17(6-8-19)27-32-20(16-42-27)14-41-25-12-22(39-2)11-23-26(25)43-29(33-23)24-13-37-31(34-24)44-28(35-37)18-3-4-18/h5-8,11-13,16,18,21H,3-4,9-10,14-15H2,1-2H3. The van der Waals surface area contributed by atoms with Crippen molar-refractivity contribution in [1.29, 1.82) is 0 Å². The molecule has 1 aliphatic heterocycles. The van der Waals surface area contributed by atoms with E-state index in [-0.39, 0.29) is 11.9 Å². The van der Waals surface area contributed by atoms with Gasteiger partial charge in [-0.25, -0.2) is 19.5 Å². The molecule has 0 N–H and O–H groups in total. The third kappa shape index (κ3) is 5.23. The van der Waals surface area contributed by atoms with Crippen LogP contribution in [0, 0.1) is 0 Å². The highest BCUT2D eigenvalue weighted by molar-refractivity contribution is 7.22. The predicted molar refractivity (Wildman–Crippen MR) is 171 cm³/mol. The Labute approximate surface area is 264 Å². The lowest BCUT2D eigenvalue weighted by Gasteiger charge is -2.23. The van der Waals surface area contributed by atoms with Crippen molar-refractivity contribution >= 4 is 55.1 Å². The summed E-state index contributed by atoms with van der Waals surface area (Å²) in [7, 11) is 3.48. The third-order valence-electron chi connectivity index (χ3n) is 7.95. The molecule has 224 valence electrons. The summed E-state index contributed by atoms with van der Waals surface area (Å²) in [5, 5.41) is 9.56. The molecule has 13 heteroatoms. The van der Waals surface area contributed by atoms with Gasteiger partial charge in [-0.15, -0.1) is 22.7 Å². The van der Waals surface area contributed by atoms with Crippen molar-refractivity contribution < 1.29 is 19.0 Å². The quantitative estimate of drug-likeness (QED) is 0.175. The molecule has 10 nitrogen and oxygen atoms in total. The van der Waals surface area contributed by atoms with Gasteiger partial charge >= 0.3 is 0 Å². The summed E-state index contributed by atoms with van der Waals surface area (Å²) in [6.07, 6.45) is 5.27. The van der Waals surface area contributed by atoms with Crippen LogP contribution in [0.5, 0.6) is 11.5 Å². The number of imidazole rings is 1. The Bertz CT molecular complexity index is 1950. The monoisotopic (exact) mass is 644 g/mol. The Kier molecular flexibility index (Phi) is 7.05. The summed E-state index contributed by atoms with van der Waals surface area (Å²) in [6, 6.07) is 11.6. The molecule has 1 unspecified atom stereocenters. The van der Waals surface area contributed by atoms with Gasteiger partial charge in [-0.2, -0.15) is 5.10 Å². The number of ether oxygens (including phenoxy) is 3. The maximum atomic E-state index is 12.9. The van der Waals surface area contributed by atoms with Crippen LogP contribution in [0.15, 0.2) is 48.0 Å². The Balaban J connectivity index is 0.985. The van der Waals surface area contributed by atoms with E-state index in [2.05, 4.69) is 0 Å². The largest absolute Gasteiger partial charge is 0.497 e. The number of carbonyl (C=O) groups is 1. The normalized spacial score (nSPS) is 16.6. The van der Waals surface area contributed by atoms with Crippen molar-refractivity contribution in [2.45, 2.75) is 37.8 Å². The first-order valence-electron chi connectivity index (χ1n) is 14.4. The van der Waals surface area contributed by atoms with Crippen molar-refractivity contribution in [3.8, 4) is 32.8 Å². The van der Waals surface area contributed by atoms with Crippen LogP contribution in [0.4, 0.5) is 0 Å². The van der Waals surface area contributed by atoms with Crippen LogP contribution in [-0.4, -0.2) is 68.8 Å². The van der Waals surface area contributed by atoms with E-state index in [4.69, 9.17) is 34.3 Å². The number of nitrogens with zero attached hydrogens (tertiary/aromatic N) is 6. The van der Waals surface area contributed by atoms with Gasteiger partial charge in [-0.1, -0.05) is 23.5 Å². The first-order chi connectivity index (χ1) is 21.5. The van der Waals surface area contributed by atoms with Crippen LogP contribution in [0.3, 0.4) is 0 Å². The summed E-state index contributed by atoms with van der Waals surface area (Å²) < 4.78 is 20.1. The summed E-state index contributed by atoms with van der Waals surface area (Å²) in [5.74, 6) is 1.97. The minimum absolute atomic E-state index is 0.00299. The number of hydrogen-bond acceptors (Lipinski definition) is 11. The number of amides is 1. The van der Waals surface area contributed by atoms with Crippen LogP contribution in [0.25, 0.3) is 36.5 Å². The fraction of sp³-hybridized carbons (Fsp3) is 0.323. The SMILES string of the molecule is COc1cc(OCc2csc(-c3ccc(C(=O)N(C)C4CCOC4)cc3)n2)c2sc(-c3cn4nc(C5CC5)sc4n3)nc2c1. The summed E-state index contributed by atoms with van der Waals surface area (Å²) >= 11 is 4.75. The maximum absolute atomic E-state index is 12.9. The number of benzene rings is 2. The highest BCUT2D eigenvalue weighted by atomic mass is 32.1. The molecule has 1 aliphatic carbocycles. The Morgan fingerprint density at radius 1 is 1.09 bits per heavy atom. The van der Waals surface area contributed by atoms with E-state index in [1.807, 2.05) is 59.5 Å². The lowest BCUT2D eigenvalue weighted by molar-refractivity contribution is 0.0711. The van der Waals surface area contributed by atoms with E-state index in [1.165, 1.54) is 17.8 Å². The van der Waals surface area contributed by atoms with Gasteiger partial charge in [-0.05, 0) is 31.4 Å². The molecule has 2 fully saturated rings. The lowest BCUT2D eigenvalue weighted by atomic mass is 10.1. The van der Waals surface area contributed by atoms with Crippen molar-refractivity contribution in [3.05, 3.63) is 64.2 Å². The lowest BCUT2D eigenvalue weighted by Crippen LogP contribution is -2.37. The van der Waals surface area contributed by atoms with Crippen LogP contribution in [0.1, 0.15) is 46.2 Å². The maximum Gasteiger partial charge on any atom is 0.253 e. The van der Waals surface area contributed by atoms with Gasteiger partial charge in [0.1, 0.15) is 38.8 Å². The Morgan fingerprint density at radius 2 is 1.95 bits per heavy atom. The highest BCUT2D eigenvalue weighted by Crippen LogP contribution is 2.43. The van der Waals surface area contributed by atoms with Gasteiger partial charge < -0.3 is 19.1 Å². The molecular weight excluding hydrogens is 617 g/mol. The molecular formula is C31H28N6O4S3. The van der Waals surface area contributed by atoms with E-state index < -0.39 is 0 Å². The number of aromatic nitrogens is 5. The first-order valence-corrected chi connectivity index (χ1v) is 16.9. The molecule has 6 aromatic rings. The average molecular weight is 645 g/mol. The molecule has 1 saturated carbocycles. The minimum atomic E-state index is 0.00299. The molecule has 4 aromatic heterocycles. The second kappa shape index (κ2) is 11.2. The van der Waals surface area contributed by atoms with E-state index in [0.717, 1.165) is 48.6 Å². The number of likely N-dealkylation sites (N-methyl/N-ethyl adjacent to an activating group) is 1. The first kappa shape index (κ1) is 27.6. The third-order valence-corrected chi connectivity index (χ3v) is 11.1. The summed E-state index contributed by atoms with van der Waals surface area (Å²) in [5.41, 5.74) is 4.03. The number of hydrogen-bond donors (Lipinski definition) is 0. The fourth-order valence-electron chi connectivity index (χ4n) is 5.24. The van der Waals surface area contributed by atoms with Crippen LogP contribution >= 0.6 is 34.0 Å². The number of rotatable bonds is 9. The highest BCUT2D eigenvalue weighted by Gasteiger charge is 2.28. The van der Waals surface area contributed by atoms with E-state index >= 15 is 0 Å². The average Bonchev–Trinajstić information content (AvgIpc) is 3.58. The van der Waals surface area contributed by atoms with Gasteiger partial charge in [0.2, 0.25) is 4.96 Å². The van der Waals surface area contributed by atoms with Crippen LogP contribution in [0.2, 0.25) is 0 Å². The minimum Gasteiger partial charge on any atom is -0.497 e. The van der Waals surface area contributed by atoms with Crippen molar-refractivity contribution in [2.75, 3.05) is 27.4 Å². The molecule has 2 aliphatic rings. The Morgan fingerprint density at radius 3 is 2.70 bits per heavy atom. The number of carbonyl (C=O) groups excluding carboxylic acids is 1. The second-order valence-electron chi connectivity index (χ2n) is 11.0. The zero-order valence-corrected chi connectivity index (χ0v) is 26.5. The molecule has 8 rings (SSSR count). The smallest absolute Gasteiger partial charge is 0.253 e. The van der Waals surface area contributed by atoms with Crippen LogP contribution in [-0.2, 0) is 11.3 Å². The molecule has 0 bridgehead atoms. The van der Waals surface area contributed by atoms with Crippen molar-refractivity contribution in [2.24, 2.45) is 0 Å². The number of thiazole rings is 2. The number of fused-ring (bicyclic) bond motifs is 2. The van der Waals surface area contributed by atoms with Crippen molar-refractivity contribution in [3.63, 3.8) is 0 Å². The van der Waals surface area contributed by atoms with Gasteiger partial charge in [0.15, 0.2) is 0 Å². The molecule has 44 heavy (non-hydrogen) atoms. The zero-order valence-electron chi connectivity index (χ0n) is 24.1. The molecule has 5 heterocycles. The molecule has 0 radical (unpaired) electrons.